The predicted molar refractivity (Wildman–Crippen MR) is 122 cm³/mol. The minimum Gasteiger partial charge on any atom is -0.300 e. The van der Waals surface area contributed by atoms with E-state index in [1.54, 1.807) is 24.3 Å². The van der Waals surface area contributed by atoms with Gasteiger partial charge < -0.3 is 0 Å². The zero-order valence-electron chi connectivity index (χ0n) is 17.4. The van der Waals surface area contributed by atoms with Crippen LogP contribution in [-0.4, -0.2) is 45.2 Å². The van der Waals surface area contributed by atoms with Gasteiger partial charge in [0.05, 0.1) is 9.79 Å². The number of benzene rings is 2. The molecule has 0 atom stereocenters. The number of sulfone groups is 1. The van der Waals surface area contributed by atoms with Gasteiger partial charge in [0.25, 0.3) is 0 Å². The first-order chi connectivity index (χ1) is 15.0. The maximum absolute atomic E-state index is 12.4. The monoisotopic (exact) mass is 494 g/mol. The molecule has 1 aromatic heterocycles. The molecule has 32 heavy (non-hydrogen) atoms. The van der Waals surface area contributed by atoms with Crippen molar-refractivity contribution < 1.29 is 21.6 Å². The summed E-state index contributed by atoms with van der Waals surface area (Å²) in [5, 5.41) is 10.8. The molecule has 0 radical (unpaired) electrons. The molecule has 0 fully saturated rings. The molecular formula is C20H22N4O5S3. The van der Waals surface area contributed by atoms with E-state index >= 15 is 0 Å². The van der Waals surface area contributed by atoms with E-state index in [2.05, 4.69) is 20.2 Å². The van der Waals surface area contributed by atoms with E-state index in [9.17, 15) is 21.6 Å². The van der Waals surface area contributed by atoms with Gasteiger partial charge in [0.2, 0.25) is 21.1 Å². The predicted octanol–water partition coefficient (Wildman–Crippen LogP) is 2.09. The molecule has 0 saturated carbocycles. The quantitative estimate of drug-likeness (QED) is 0.465. The Morgan fingerprint density at radius 1 is 0.875 bits per heavy atom. The van der Waals surface area contributed by atoms with Gasteiger partial charge in [-0.1, -0.05) is 46.7 Å². The van der Waals surface area contributed by atoms with Crippen molar-refractivity contribution in [2.24, 2.45) is 0 Å². The van der Waals surface area contributed by atoms with Crippen molar-refractivity contribution in [3.63, 3.8) is 0 Å². The minimum atomic E-state index is -3.78. The van der Waals surface area contributed by atoms with Crippen molar-refractivity contribution in [3.05, 3.63) is 64.7 Å². The SMILES string of the molecule is Cc1ccc(S(=O)(=O)CC(=O)Nc2nnc(CCNS(=O)(=O)c3ccc(C)cc3)s2)cc1. The third-order valence-electron chi connectivity index (χ3n) is 4.38. The number of nitrogens with one attached hydrogen (secondary N) is 2. The van der Waals surface area contributed by atoms with Gasteiger partial charge >= 0.3 is 0 Å². The second-order valence-electron chi connectivity index (χ2n) is 7.08. The lowest BCUT2D eigenvalue weighted by molar-refractivity contribution is -0.113. The fraction of sp³-hybridized carbons (Fsp3) is 0.250. The zero-order valence-corrected chi connectivity index (χ0v) is 19.9. The minimum absolute atomic E-state index is 0.0667. The summed E-state index contributed by atoms with van der Waals surface area (Å²) in [6.07, 6.45) is 0.264. The van der Waals surface area contributed by atoms with E-state index in [0.29, 0.717) is 5.01 Å². The maximum atomic E-state index is 12.4. The number of sulfonamides is 1. The number of rotatable bonds is 9. The highest BCUT2D eigenvalue weighted by Gasteiger charge is 2.20. The Morgan fingerprint density at radius 3 is 2.03 bits per heavy atom. The number of hydrogen-bond donors (Lipinski definition) is 2. The molecule has 9 nitrogen and oxygen atoms in total. The van der Waals surface area contributed by atoms with Crippen molar-refractivity contribution in [3.8, 4) is 0 Å². The Kier molecular flexibility index (Phi) is 7.39. The molecule has 1 heterocycles. The third kappa shape index (κ3) is 6.42. The number of aryl methyl sites for hydroxylation is 2. The van der Waals surface area contributed by atoms with E-state index < -0.39 is 31.5 Å². The summed E-state index contributed by atoms with van der Waals surface area (Å²) < 4.78 is 51.8. The molecule has 3 aromatic rings. The number of carbonyl (C=O) groups is 1. The average Bonchev–Trinajstić information content (AvgIpc) is 3.15. The number of amides is 1. The number of aromatic nitrogens is 2. The van der Waals surface area contributed by atoms with Gasteiger partial charge in [-0.15, -0.1) is 10.2 Å². The average molecular weight is 495 g/mol. The van der Waals surface area contributed by atoms with Crippen LogP contribution in [0.5, 0.6) is 0 Å². The van der Waals surface area contributed by atoms with Crippen molar-refractivity contribution in [1.29, 1.82) is 0 Å². The highest BCUT2D eigenvalue weighted by Crippen LogP contribution is 2.17. The molecule has 0 aliphatic heterocycles. The van der Waals surface area contributed by atoms with E-state index in [1.807, 2.05) is 13.8 Å². The van der Waals surface area contributed by atoms with Crippen molar-refractivity contribution in [2.75, 3.05) is 17.6 Å². The van der Waals surface area contributed by atoms with Crippen LogP contribution in [0.15, 0.2) is 58.3 Å². The smallest absolute Gasteiger partial charge is 0.241 e. The van der Waals surface area contributed by atoms with Crippen LogP contribution < -0.4 is 10.0 Å². The summed E-state index contributed by atoms with van der Waals surface area (Å²) in [4.78, 5) is 12.4. The van der Waals surface area contributed by atoms with Crippen LogP contribution in [0, 0.1) is 13.8 Å². The van der Waals surface area contributed by atoms with Gasteiger partial charge in [0.1, 0.15) is 10.8 Å². The zero-order chi connectivity index (χ0) is 23.4. The van der Waals surface area contributed by atoms with Gasteiger partial charge in [-0.3, -0.25) is 10.1 Å². The Labute approximate surface area is 190 Å². The van der Waals surface area contributed by atoms with Crippen LogP contribution in [0.25, 0.3) is 0 Å². The number of carbonyl (C=O) groups excluding carboxylic acids is 1. The van der Waals surface area contributed by atoms with Gasteiger partial charge in [-0.05, 0) is 38.1 Å². The van der Waals surface area contributed by atoms with Crippen LogP contribution in [0.3, 0.4) is 0 Å². The normalized spacial score (nSPS) is 11.9. The largest absolute Gasteiger partial charge is 0.300 e. The fourth-order valence-electron chi connectivity index (χ4n) is 2.66. The number of hydrogen-bond acceptors (Lipinski definition) is 8. The number of nitrogens with zero attached hydrogens (tertiary/aromatic N) is 2. The maximum Gasteiger partial charge on any atom is 0.241 e. The van der Waals surface area contributed by atoms with Crippen molar-refractivity contribution >= 4 is 42.2 Å². The summed E-state index contributed by atoms with van der Waals surface area (Å²) in [5.41, 5.74) is 1.87. The fourth-order valence-corrected chi connectivity index (χ4v) is 5.58. The molecule has 0 aliphatic carbocycles. The molecule has 0 spiro atoms. The van der Waals surface area contributed by atoms with Crippen LogP contribution in [0.1, 0.15) is 16.1 Å². The molecule has 170 valence electrons. The van der Waals surface area contributed by atoms with Crippen molar-refractivity contribution in [1.82, 2.24) is 14.9 Å². The lowest BCUT2D eigenvalue weighted by Crippen LogP contribution is -2.25. The van der Waals surface area contributed by atoms with Crippen molar-refractivity contribution in [2.45, 2.75) is 30.1 Å². The van der Waals surface area contributed by atoms with Crippen LogP contribution >= 0.6 is 11.3 Å². The second-order valence-corrected chi connectivity index (χ2v) is 11.9. The topological polar surface area (TPSA) is 135 Å². The molecular weight excluding hydrogens is 472 g/mol. The first kappa shape index (κ1) is 24.0. The van der Waals surface area contributed by atoms with E-state index in [4.69, 9.17) is 0 Å². The first-order valence-corrected chi connectivity index (χ1v) is 13.5. The Balaban J connectivity index is 1.52. The molecule has 2 N–H and O–H groups in total. The first-order valence-electron chi connectivity index (χ1n) is 9.53. The van der Waals surface area contributed by atoms with Crippen LogP contribution in [0.4, 0.5) is 5.13 Å². The lowest BCUT2D eigenvalue weighted by atomic mass is 10.2. The summed E-state index contributed by atoms with van der Waals surface area (Å²) >= 11 is 1.05. The molecule has 12 heteroatoms. The Bertz CT molecular complexity index is 1300. The van der Waals surface area contributed by atoms with E-state index in [0.717, 1.165) is 22.5 Å². The molecule has 0 aliphatic rings. The Morgan fingerprint density at radius 2 is 1.44 bits per heavy atom. The molecule has 0 saturated heterocycles. The van der Waals surface area contributed by atoms with Gasteiger partial charge in [-0.2, -0.15) is 0 Å². The van der Waals surface area contributed by atoms with Gasteiger partial charge in [0.15, 0.2) is 9.84 Å². The molecule has 1 amide bonds. The number of anilines is 1. The standard InChI is InChI=1S/C20H22N4O5S3/c1-14-3-7-16(8-4-14)31(26,27)13-18(25)22-20-24-23-19(30-20)11-12-21-32(28,29)17-9-5-15(2)6-10-17/h3-10,21H,11-13H2,1-2H3,(H,22,24,25). The van der Waals surface area contributed by atoms with Crippen LogP contribution in [0.2, 0.25) is 0 Å². The molecule has 2 aromatic carbocycles. The van der Waals surface area contributed by atoms with Crippen LogP contribution in [-0.2, 0) is 31.1 Å². The highest BCUT2D eigenvalue weighted by atomic mass is 32.2. The highest BCUT2D eigenvalue weighted by molar-refractivity contribution is 7.92. The van der Waals surface area contributed by atoms with E-state index in [1.165, 1.54) is 24.3 Å². The van der Waals surface area contributed by atoms with Gasteiger partial charge in [0, 0.05) is 13.0 Å². The summed E-state index contributed by atoms with van der Waals surface area (Å²) in [5.74, 6) is -1.45. The molecule has 0 unspecified atom stereocenters. The summed E-state index contributed by atoms with van der Waals surface area (Å²) in [6, 6.07) is 12.7. The van der Waals surface area contributed by atoms with Gasteiger partial charge in [-0.25, -0.2) is 21.6 Å². The molecule has 3 rings (SSSR count). The summed E-state index contributed by atoms with van der Waals surface area (Å²) in [6.45, 7) is 3.80. The van der Waals surface area contributed by atoms with E-state index in [-0.39, 0.29) is 27.9 Å². The third-order valence-corrected chi connectivity index (χ3v) is 8.38. The summed E-state index contributed by atoms with van der Waals surface area (Å²) in [7, 11) is -7.42. The molecule has 0 bridgehead atoms. The lowest BCUT2D eigenvalue weighted by Gasteiger charge is -2.06. The second kappa shape index (κ2) is 9.86. The Hall–Kier alpha value is -2.67.